The molecule has 21 heavy (non-hydrogen) atoms. The fourth-order valence-electron chi connectivity index (χ4n) is 3.44. The average Bonchev–Trinajstić information content (AvgIpc) is 2.35. The van der Waals surface area contributed by atoms with Gasteiger partial charge in [0, 0.05) is 11.8 Å². The normalized spacial score (nSPS) is 24.4. The van der Waals surface area contributed by atoms with Crippen LogP contribution in [0.3, 0.4) is 0 Å². The highest BCUT2D eigenvalue weighted by molar-refractivity contribution is 5.93. The van der Waals surface area contributed by atoms with E-state index in [2.05, 4.69) is 20.8 Å². The third-order valence-electron chi connectivity index (χ3n) is 4.07. The molecule has 0 aliphatic heterocycles. The summed E-state index contributed by atoms with van der Waals surface area (Å²) >= 11 is 0. The molecule has 0 aromatic heterocycles. The summed E-state index contributed by atoms with van der Waals surface area (Å²) in [5, 5.41) is 0. The molecule has 1 aromatic carbocycles. The van der Waals surface area contributed by atoms with Crippen LogP contribution in [0.1, 0.15) is 50.4 Å². The van der Waals surface area contributed by atoms with Crippen LogP contribution < -0.4 is 10.5 Å². The van der Waals surface area contributed by atoms with Crippen molar-refractivity contribution in [2.24, 2.45) is 11.3 Å². The second-order valence-corrected chi connectivity index (χ2v) is 6.90. The molecular weight excluding hydrogens is 266 g/mol. The summed E-state index contributed by atoms with van der Waals surface area (Å²) in [5.41, 5.74) is 6.92. The number of benzene rings is 1. The van der Waals surface area contributed by atoms with Crippen LogP contribution in [-0.2, 0) is 4.74 Å². The van der Waals surface area contributed by atoms with E-state index in [-0.39, 0.29) is 17.5 Å². The third-order valence-corrected chi connectivity index (χ3v) is 4.07. The van der Waals surface area contributed by atoms with Gasteiger partial charge in [0.1, 0.15) is 17.4 Å². The highest BCUT2D eigenvalue weighted by atomic mass is 16.5. The zero-order valence-corrected chi connectivity index (χ0v) is 13.3. The number of ether oxygens (including phenoxy) is 2. The van der Waals surface area contributed by atoms with Crippen LogP contribution in [-0.4, -0.2) is 19.2 Å². The van der Waals surface area contributed by atoms with Gasteiger partial charge in [-0.15, -0.1) is 0 Å². The maximum Gasteiger partial charge on any atom is 0.342 e. The lowest BCUT2D eigenvalue weighted by molar-refractivity contribution is -0.00735. The number of methoxy groups -OCH3 is 1. The fraction of sp³-hybridized carbons (Fsp3) is 0.588. The van der Waals surface area contributed by atoms with Crippen molar-refractivity contribution in [3.63, 3.8) is 0 Å². The van der Waals surface area contributed by atoms with Crippen molar-refractivity contribution in [3.8, 4) is 5.75 Å². The minimum Gasteiger partial charge on any atom is -0.496 e. The zero-order chi connectivity index (χ0) is 15.6. The van der Waals surface area contributed by atoms with Crippen molar-refractivity contribution < 1.29 is 14.3 Å². The van der Waals surface area contributed by atoms with E-state index >= 15 is 0 Å². The minimum absolute atomic E-state index is 0.0292. The lowest BCUT2D eigenvalue weighted by Gasteiger charge is -2.38. The van der Waals surface area contributed by atoms with E-state index in [1.54, 1.807) is 18.2 Å². The van der Waals surface area contributed by atoms with Gasteiger partial charge in [0.25, 0.3) is 0 Å². The molecule has 1 aliphatic carbocycles. The molecule has 1 aromatic rings. The lowest BCUT2D eigenvalue weighted by Crippen LogP contribution is -2.34. The number of hydrogen-bond acceptors (Lipinski definition) is 4. The number of esters is 1. The maximum absolute atomic E-state index is 12.4. The number of nitrogen functional groups attached to an aromatic ring is 1. The fourth-order valence-corrected chi connectivity index (χ4v) is 3.44. The molecule has 0 heterocycles. The molecule has 2 unspecified atom stereocenters. The summed E-state index contributed by atoms with van der Waals surface area (Å²) in [7, 11) is 1.53. The predicted octanol–water partition coefficient (Wildman–Crippen LogP) is 3.65. The standard InChI is InChI=1S/C17H25NO3/c1-11-7-13(10-17(2,3)9-11)21-16(19)14-6-5-12(18)8-15(14)20-4/h5-6,8,11,13H,7,9-10,18H2,1-4H3. The quantitative estimate of drug-likeness (QED) is 0.682. The van der Waals surface area contributed by atoms with Crippen molar-refractivity contribution in [2.75, 3.05) is 12.8 Å². The Kier molecular flexibility index (Phi) is 4.45. The third kappa shape index (κ3) is 3.90. The van der Waals surface area contributed by atoms with Crippen molar-refractivity contribution in [1.29, 1.82) is 0 Å². The molecule has 1 saturated carbocycles. The van der Waals surface area contributed by atoms with E-state index in [0.717, 1.165) is 12.8 Å². The molecular formula is C17H25NO3. The van der Waals surface area contributed by atoms with Crippen molar-refractivity contribution in [3.05, 3.63) is 23.8 Å². The Morgan fingerprint density at radius 1 is 1.33 bits per heavy atom. The Morgan fingerprint density at radius 3 is 2.67 bits per heavy atom. The summed E-state index contributed by atoms with van der Waals surface area (Å²) in [6.07, 6.45) is 2.97. The predicted molar refractivity (Wildman–Crippen MR) is 83.4 cm³/mol. The van der Waals surface area contributed by atoms with Crippen LogP contribution in [0.5, 0.6) is 5.75 Å². The van der Waals surface area contributed by atoms with E-state index in [1.165, 1.54) is 13.5 Å². The second kappa shape index (κ2) is 5.96. The van der Waals surface area contributed by atoms with Crippen LogP contribution in [0, 0.1) is 11.3 Å². The Labute approximate surface area is 126 Å². The number of carbonyl (C=O) groups is 1. The van der Waals surface area contributed by atoms with Crippen LogP contribution in [0.15, 0.2) is 18.2 Å². The minimum atomic E-state index is -0.332. The van der Waals surface area contributed by atoms with Crippen LogP contribution in [0.25, 0.3) is 0 Å². The molecule has 0 spiro atoms. The summed E-state index contributed by atoms with van der Waals surface area (Å²) in [6.45, 7) is 6.67. The van der Waals surface area contributed by atoms with Gasteiger partial charge in [0.15, 0.2) is 0 Å². The molecule has 4 heteroatoms. The molecule has 2 N–H and O–H groups in total. The van der Waals surface area contributed by atoms with E-state index < -0.39 is 0 Å². The highest BCUT2D eigenvalue weighted by Gasteiger charge is 2.34. The Hall–Kier alpha value is -1.71. The highest BCUT2D eigenvalue weighted by Crippen LogP contribution is 2.40. The second-order valence-electron chi connectivity index (χ2n) is 6.90. The summed E-state index contributed by atoms with van der Waals surface area (Å²) in [5.74, 6) is 0.699. The molecule has 116 valence electrons. The number of rotatable bonds is 3. The molecule has 0 radical (unpaired) electrons. The van der Waals surface area contributed by atoms with Crippen LogP contribution >= 0.6 is 0 Å². The van der Waals surface area contributed by atoms with E-state index in [1.807, 2.05) is 0 Å². The molecule has 2 rings (SSSR count). The number of carbonyl (C=O) groups excluding carboxylic acids is 1. The monoisotopic (exact) mass is 291 g/mol. The van der Waals surface area contributed by atoms with E-state index in [0.29, 0.717) is 22.9 Å². The zero-order valence-electron chi connectivity index (χ0n) is 13.3. The van der Waals surface area contributed by atoms with Crippen LogP contribution in [0.2, 0.25) is 0 Å². The largest absolute Gasteiger partial charge is 0.496 e. The molecule has 0 amide bonds. The number of hydrogen-bond donors (Lipinski definition) is 1. The first-order valence-corrected chi connectivity index (χ1v) is 7.45. The first-order valence-electron chi connectivity index (χ1n) is 7.45. The first kappa shape index (κ1) is 15.7. The summed E-state index contributed by atoms with van der Waals surface area (Å²) in [4.78, 5) is 12.4. The number of nitrogens with two attached hydrogens (primary N) is 1. The topological polar surface area (TPSA) is 61.5 Å². The molecule has 0 saturated heterocycles. The van der Waals surface area contributed by atoms with Gasteiger partial charge < -0.3 is 15.2 Å². The SMILES string of the molecule is COc1cc(N)ccc1C(=O)OC1CC(C)CC(C)(C)C1. The van der Waals surface area contributed by atoms with Crippen molar-refractivity contribution >= 4 is 11.7 Å². The summed E-state index contributed by atoms with van der Waals surface area (Å²) < 4.78 is 10.9. The molecule has 1 aliphatic rings. The van der Waals surface area contributed by atoms with Gasteiger partial charge in [-0.25, -0.2) is 4.79 Å². The van der Waals surface area contributed by atoms with Gasteiger partial charge in [-0.2, -0.15) is 0 Å². The van der Waals surface area contributed by atoms with Crippen LogP contribution in [0.4, 0.5) is 5.69 Å². The molecule has 0 bridgehead atoms. The Morgan fingerprint density at radius 2 is 2.05 bits per heavy atom. The molecule has 4 nitrogen and oxygen atoms in total. The van der Waals surface area contributed by atoms with Gasteiger partial charge in [-0.1, -0.05) is 20.8 Å². The van der Waals surface area contributed by atoms with Gasteiger partial charge in [-0.3, -0.25) is 0 Å². The van der Waals surface area contributed by atoms with Gasteiger partial charge in [0.2, 0.25) is 0 Å². The van der Waals surface area contributed by atoms with Crippen molar-refractivity contribution in [1.82, 2.24) is 0 Å². The van der Waals surface area contributed by atoms with Gasteiger partial charge in [0.05, 0.1) is 7.11 Å². The molecule has 2 atom stereocenters. The number of anilines is 1. The Bertz CT molecular complexity index is 525. The van der Waals surface area contributed by atoms with Gasteiger partial charge in [-0.05, 0) is 42.7 Å². The molecule has 1 fully saturated rings. The average molecular weight is 291 g/mol. The van der Waals surface area contributed by atoms with Gasteiger partial charge >= 0.3 is 5.97 Å². The first-order chi connectivity index (χ1) is 9.80. The smallest absolute Gasteiger partial charge is 0.342 e. The lowest BCUT2D eigenvalue weighted by atomic mass is 9.71. The van der Waals surface area contributed by atoms with E-state index in [9.17, 15) is 4.79 Å². The Balaban J connectivity index is 2.11. The maximum atomic E-state index is 12.4. The van der Waals surface area contributed by atoms with Crippen molar-refractivity contribution in [2.45, 2.75) is 46.1 Å². The van der Waals surface area contributed by atoms with E-state index in [4.69, 9.17) is 15.2 Å². The summed E-state index contributed by atoms with van der Waals surface area (Å²) in [6, 6.07) is 4.99.